The molecule has 0 radical (unpaired) electrons. The number of fused-ring (bicyclic) bond motifs is 1. The number of hydrogen-bond acceptors (Lipinski definition) is 4. The maximum atomic E-state index is 13.1. The van der Waals surface area contributed by atoms with Crippen LogP contribution in [0.1, 0.15) is 5.56 Å². The predicted molar refractivity (Wildman–Crippen MR) is 109 cm³/mol. The van der Waals surface area contributed by atoms with Gasteiger partial charge < -0.3 is 9.15 Å². The third-order valence-electron chi connectivity index (χ3n) is 4.36. The highest BCUT2D eigenvalue weighted by Gasteiger charge is 2.22. The Hall–Kier alpha value is -3.92. The van der Waals surface area contributed by atoms with Gasteiger partial charge in [0, 0.05) is 5.56 Å². The minimum atomic E-state index is -0.703. The van der Waals surface area contributed by atoms with Gasteiger partial charge in [-0.1, -0.05) is 79.4 Å². The molecule has 0 spiro atoms. The molecule has 4 heteroatoms. The normalized spacial score (nSPS) is 10.6. The van der Waals surface area contributed by atoms with Crippen molar-refractivity contribution < 1.29 is 13.9 Å². The fourth-order valence-electron chi connectivity index (χ4n) is 2.91. The van der Waals surface area contributed by atoms with Gasteiger partial charge in [0.05, 0.1) is 11.0 Å². The van der Waals surface area contributed by atoms with Crippen LogP contribution in [0.4, 0.5) is 0 Å². The van der Waals surface area contributed by atoms with E-state index in [0.29, 0.717) is 22.1 Å². The summed E-state index contributed by atoms with van der Waals surface area (Å²) in [5.74, 6) is -0.642. The fourth-order valence-corrected chi connectivity index (χ4v) is 2.91. The summed E-state index contributed by atoms with van der Waals surface area (Å²) in [4.78, 5) is 25.7. The number of ether oxygens (including phenoxy) is 1. The molecule has 4 rings (SSSR count). The van der Waals surface area contributed by atoms with Crippen LogP contribution < -0.4 is 10.2 Å². The minimum absolute atomic E-state index is 0.146. The van der Waals surface area contributed by atoms with Gasteiger partial charge >= 0.3 is 5.97 Å². The van der Waals surface area contributed by atoms with Crippen LogP contribution in [0.2, 0.25) is 0 Å². The number of esters is 1. The minimum Gasteiger partial charge on any atom is -0.452 e. The first-order valence-electron chi connectivity index (χ1n) is 8.73. The molecule has 1 heterocycles. The van der Waals surface area contributed by atoms with Gasteiger partial charge in [-0.15, -0.1) is 0 Å². The number of para-hydroxylation sites is 1. The number of benzene rings is 3. The number of hydrogen-bond donors (Lipinski definition) is 0. The molecule has 28 heavy (non-hydrogen) atoms. The standard InChI is InChI=1S/C24H16O4/c1-16(17-10-4-2-5-11-17)24(26)28-23-21(25)19-14-8-9-15-20(19)27-22(23)18-12-6-3-7-13-18/h2-15H,1H2. The van der Waals surface area contributed by atoms with E-state index in [1.807, 2.05) is 24.3 Å². The lowest BCUT2D eigenvalue weighted by molar-refractivity contribution is -0.128. The second-order valence-corrected chi connectivity index (χ2v) is 6.19. The zero-order valence-corrected chi connectivity index (χ0v) is 14.9. The van der Waals surface area contributed by atoms with Crippen LogP contribution in [0, 0.1) is 0 Å². The predicted octanol–water partition coefficient (Wildman–Crippen LogP) is 5.08. The van der Waals surface area contributed by atoms with Gasteiger partial charge in [-0.05, 0) is 17.7 Å². The second-order valence-electron chi connectivity index (χ2n) is 6.19. The monoisotopic (exact) mass is 368 g/mol. The average molecular weight is 368 g/mol. The molecule has 3 aromatic carbocycles. The summed E-state index contributed by atoms with van der Waals surface area (Å²) in [7, 11) is 0. The molecular formula is C24H16O4. The van der Waals surface area contributed by atoms with Crippen molar-refractivity contribution in [3.05, 3.63) is 107 Å². The Balaban J connectivity index is 1.83. The number of carbonyl (C=O) groups is 1. The molecule has 0 N–H and O–H groups in total. The van der Waals surface area contributed by atoms with Crippen LogP contribution in [0.15, 0.2) is 101 Å². The van der Waals surface area contributed by atoms with E-state index in [1.165, 1.54) is 0 Å². The average Bonchev–Trinajstić information content (AvgIpc) is 2.76. The smallest absolute Gasteiger partial charge is 0.343 e. The third-order valence-corrected chi connectivity index (χ3v) is 4.36. The Bertz CT molecular complexity index is 1220. The zero-order valence-electron chi connectivity index (χ0n) is 14.9. The van der Waals surface area contributed by atoms with E-state index in [9.17, 15) is 9.59 Å². The van der Waals surface area contributed by atoms with Crippen molar-refractivity contribution in [2.24, 2.45) is 0 Å². The lowest BCUT2D eigenvalue weighted by atomic mass is 10.1. The summed E-state index contributed by atoms with van der Waals surface area (Å²) in [5.41, 5.74) is 1.44. The molecule has 0 aliphatic heterocycles. The Labute approximate surface area is 161 Å². The quantitative estimate of drug-likeness (QED) is 0.372. The fraction of sp³-hybridized carbons (Fsp3) is 0. The highest BCUT2D eigenvalue weighted by Crippen LogP contribution is 2.31. The lowest BCUT2D eigenvalue weighted by Crippen LogP contribution is -2.17. The van der Waals surface area contributed by atoms with Crippen molar-refractivity contribution in [3.63, 3.8) is 0 Å². The van der Waals surface area contributed by atoms with Crippen molar-refractivity contribution in [1.82, 2.24) is 0 Å². The van der Waals surface area contributed by atoms with Crippen LogP contribution in [0.3, 0.4) is 0 Å². The van der Waals surface area contributed by atoms with Crippen molar-refractivity contribution in [3.8, 4) is 17.1 Å². The van der Waals surface area contributed by atoms with E-state index in [4.69, 9.17) is 9.15 Å². The summed E-state index contributed by atoms with van der Waals surface area (Å²) in [5, 5.41) is 0.343. The van der Waals surface area contributed by atoms with Crippen LogP contribution in [-0.2, 0) is 4.79 Å². The topological polar surface area (TPSA) is 56.5 Å². The molecule has 0 amide bonds. The summed E-state index contributed by atoms with van der Waals surface area (Å²) >= 11 is 0. The molecule has 0 saturated carbocycles. The maximum Gasteiger partial charge on any atom is 0.343 e. The molecule has 136 valence electrons. The van der Waals surface area contributed by atoms with E-state index in [1.54, 1.807) is 60.7 Å². The Morgan fingerprint density at radius 3 is 2.14 bits per heavy atom. The first-order chi connectivity index (χ1) is 13.6. The molecule has 0 fully saturated rings. The Morgan fingerprint density at radius 2 is 1.43 bits per heavy atom. The van der Waals surface area contributed by atoms with Gasteiger partial charge in [-0.2, -0.15) is 0 Å². The lowest BCUT2D eigenvalue weighted by Gasteiger charge is -2.11. The van der Waals surface area contributed by atoms with E-state index in [2.05, 4.69) is 6.58 Å². The first kappa shape index (κ1) is 17.5. The molecule has 1 aromatic heterocycles. The molecule has 4 nitrogen and oxygen atoms in total. The highest BCUT2D eigenvalue weighted by molar-refractivity contribution is 6.16. The molecular weight excluding hydrogens is 352 g/mol. The molecule has 0 saturated heterocycles. The summed E-state index contributed by atoms with van der Waals surface area (Å²) < 4.78 is 11.4. The van der Waals surface area contributed by atoms with Gasteiger partial charge in [0.15, 0.2) is 5.76 Å². The van der Waals surface area contributed by atoms with E-state index < -0.39 is 11.4 Å². The molecule has 0 unspecified atom stereocenters. The highest BCUT2D eigenvalue weighted by atomic mass is 16.5. The van der Waals surface area contributed by atoms with Crippen molar-refractivity contribution in [2.45, 2.75) is 0 Å². The van der Waals surface area contributed by atoms with Crippen molar-refractivity contribution in [2.75, 3.05) is 0 Å². The SMILES string of the molecule is C=C(C(=O)Oc1c(-c2ccccc2)oc2ccccc2c1=O)c1ccccc1. The summed E-state index contributed by atoms with van der Waals surface area (Å²) in [6, 6.07) is 24.9. The van der Waals surface area contributed by atoms with Gasteiger partial charge in [-0.3, -0.25) is 4.79 Å². The van der Waals surface area contributed by atoms with Gasteiger partial charge in [-0.25, -0.2) is 4.79 Å². The molecule has 0 bridgehead atoms. The van der Waals surface area contributed by atoms with Crippen LogP contribution >= 0.6 is 0 Å². The maximum absolute atomic E-state index is 13.1. The Kier molecular flexibility index (Phi) is 4.60. The molecule has 0 aliphatic rings. The molecule has 4 aromatic rings. The first-order valence-corrected chi connectivity index (χ1v) is 8.73. The largest absolute Gasteiger partial charge is 0.452 e. The molecule has 0 atom stereocenters. The second kappa shape index (κ2) is 7.37. The molecule has 0 aliphatic carbocycles. The van der Waals surface area contributed by atoms with E-state index in [0.717, 1.165) is 0 Å². The van der Waals surface area contributed by atoms with Crippen LogP contribution in [0.5, 0.6) is 5.75 Å². The van der Waals surface area contributed by atoms with Gasteiger partial charge in [0.2, 0.25) is 11.2 Å². The van der Waals surface area contributed by atoms with Crippen LogP contribution in [-0.4, -0.2) is 5.97 Å². The van der Waals surface area contributed by atoms with E-state index in [-0.39, 0.29) is 17.1 Å². The summed E-state index contributed by atoms with van der Waals surface area (Å²) in [6.07, 6.45) is 0. The zero-order chi connectivity index (χ0) is 19.5. The number of carbonyl (C=O) groups excluding carboxylic acids is 1. The van der Waals surface area contributed by atoms with Gasteiger partial charge in [0.1, 0.15) is 5.58 Å². The Morgan fingerprint density at radius 1 is 0.821 bits per heavy atom. The van der Waals surface area contributed by atoms with Crippen molar-refractivity contribution >= 4 is 22.5 Å². The van der Waals surface area contributed by atoms with Crippen LogP contribution in [0.25, 0.3) is 27.9 Å². The third kappa shape index (κ3) is 3.23. The van der Waals surface area contributed by atoms with E-state index >= 15 is 0 Å². The van der Waals surface area contributed by atoms with Gasteiger partial charge in [0.25, 0.3) is 0 Å². The van der Waals surface area contributed by atoms with Crippen molar-refractivity contribution in [1.29, 1.82) is 0 Å². The summed E-state index contributed by atoms with van der Waals surface area (Å²) in [6.45, 7) is 3.81. The number of rotatable bonds is 4.